The highest BCUT2D eigenvalue weighted by Crippen LogP contribution is 2.38. The fourth-order valence-electron chi connectivity index (χ4n) is 2.88. The molecule has 0 radical (unpaired) electrons. The summed E-state index contributed by atoms with van der Waals surface area (Å²) < 4.78 is 5.40. The SMILES string of the molecule is CCOc1cncc(C2CN3CCC2C3)n1.Cl. The van der Waals surface area contributed by atoms with Crippen LogP contribution in [0.3, 0.4) is 0 Å². The van der Waals surface area contributed by atoms with E-state index in [2.05, 4.69) is 14.9 Å². The number of aromatic nitrogens is 2. The van der Waals surface area contributed by atoms with E-state index in [4.69, 9.17) is 4.74 Å². The lowest BCUT2D eigenvalue weighted by molar-refractivity contribution is 0.317. The fourth-order valence-corrected chi connectivity index (χ4v) is 2.88. The molecular formula is C12H18ClN3O. The van der Waals surface area contributed by atoms with Crippen LogP contribution in [-0.2, 0) is 0 Å². The zero-order valence-electron chi connectivity index (χ0n) is 10.0. The third kappa shape index (κ3) is 2.38. The molecule has 2 aliphatic heterocycles. The number of hydrogen-bond acceptors (Lipinski definition) is 4. The van der Waals surface area contributed by atoms with Crippen LogP contribution in [0.15, 0.2) is 12.4 Å². The number of halogens is 1. The van der Waals surface area contributed by atoms with Crippen LogP contribution in [0.4, 0.5) is 0 Å². The van der Waals surface area contributed by atoms with Gasteiger partial charge in [0, 0.05) is 25.2 Å². The number of fused-ring (bicyclic) bond motifs is 2. The zero-order chi connectivity index (χ0) is 11.0. The molecule has 1 aromatic heterocycles. The molecule has 0 spiro atoms. The lowest BCUT2D eigenvalue weighted by atomic mass is 9.90. The van der Waals surface area contributed by atoms with E-state index in [1.165, 1.54) is 19.5 Å². The predicted molar refractivity (Wildman–Crippen MR) is 67.7 cm³/mol. The van der Waals surface area contributed by atoms with Crippen molar-refractivity contribution in [1.29, 1.82) is 0 Å². The Balaban J connectivity index is 0.00000108. The molecule has 3 heterocycles. The Bertz CT molecular complexity index is 388. The lowest BCUT2D eigenvalue weighted by Crippen LogP contribution is -2.22. The van der Waals surface area contributed by atoms with Gasteiger partial charge in [0.15, 0.2) is 0 Å². The van der Waals surface area contributed by atoms with E-state index >= 15 is 0 Å². The van der Waals surface area contributed by atoms with Crippen molar-refractivity contribution in [2.45, 2.75) is 19.3 Å². The second-order valence-electron chi connectivity index (χ2n) is 4.63. The summed E-state index contributed by atoms with van der Waals surface area (Å²) in [6.07, 6.45) is 4.90. The van der Waals surface area contributed by atoms with Gasteiger partial charge in [0.2, 0.25) is 5.88 Å². The molecule has 2 aliphatic rings. The highest BCUT2D eigenvalue weighted by atomic mass is 35.5. The van der Waals surface area contributed by atoms with E-state index in [1.54, 1.807) is 6.20 Å². The van der Waals surface area contributed by atoms with Crippen molar-refractivity contribution < 1.29 is 4.74 Å². The van der Waals surface area contributed by atoms with Crippen molar-refractivity contribution in [3.8, 4) is 5.88 Å². The summed E-state index contributed by atoms with van der Waals surface area (Å²) in [6, 6.07) is 0. The molecular weight excluding hydrogens is 238 g/mol. The number of piperidine rings is 1. The molecule has 0 amide bonds. The van der Waals surface area contributed by atoms with E-state index in [1.807, 2.05) is 13.1 Å². The highest BCUT2D eigenvalue weighted by molar-refractivity contribution is 5.85. The molecule has 2 saturated heterocycles. The van der Waals surface area contributed by atoms with E-state index < -0.39 is 0 Å². The summed E-state index contributed by atoms with van der Waals surface area (Å²) in [6.45, 7) is 6.27. The molecule has 3 unspecified atom stereocenters. The van der Waals surface area contributed by atoms with E-state index in [-0.39, 0.29) is 12.4 Å². The average molecular weight is 256 g/mol. The molecule has 94 valence electrons. The molecule has 0 saturated carbocycles. The van der Waals surface area contributed by atoms with Crippen molar-refractivity contribution in [1.82, 2.24) is 14.9 Å². The summed E-state index contributed by atoms with van der Waals surface area (Å²) in [5, 5.41) is 0. The van der Waals surface area contributed by atoms with E-state index in [9.17, 15) is 0 Å². The van der Waals surface area contributed by atoms with Gasteiger partial charge in [-0.2, -0.15) is 0 Å². The van der Waals surface area contributed by atoms with E-state index in [0.29, 0.717) is 18.4 Å². The molecule has 4 nitrogen and oxygen atoms in total. The average Bonchev–Trinajstić information content (AvgIpc) is 2.91. The minimum Gasteiger partial charge on any atom is -0.477 e. The fraction of sp³-hybridized carbons (Fsp3) is 0.667. The maximum Gasteiger partial charge on any atom is 0.232 e. The van der Waals surface area contributed by atoms with Crippen LogP contribution in [0.5, 0.6) is 5.88 Å². The Hall–Kier alpha value is -0.870. The van der Waals surface area contributed by atoms with Crippen LogP contribution in [0.2, 0.25) is 0 Å². The number of hydrogen-bond donors (Lipinski definition) is 0. The molecule has 3 atom stereocenters. The number of ether oxygens (including phenoxy) is 1. The maximum atomic E-state index is 5.40. The minimum atomic E-state index is 0. The van der Waals surface area contributed by atoms with Gasteiger partial charge in [0.25, 0.3) is 0 Å². The molecule has 17 heavy (non-hydrogen) atoms. The van der Waals surface area contributed by atoms with Crippen molar-refractivity contribution in [3.05, 3.63) is 18.1 Å². The zero-order valence-corrected chi connectivity index (χ0v) is 10.8. The van der Waals surface area contributed by atoms with Gasteiger partial charge in [0.1, 0.15) is 0 Å². The smallest absolute Gasteiger partial charge is 0.232 e. The van der Waals surface area contributed by atoms with E-state index in [0.717, 1.165) is 18.2 Å². The predicted octanol–water partition coefficient (Wildman–Crippen LogP) is 1.72. The first-order valence-corrected chi connectivity index (χ1v) is 6.04. The quantitative estimate of drug-likeness (QED) is 0.824. The summed E-state index contributed by atoms with van der Waals surface area (Å²) in [4.78, 5) is 11.3. The van der Waals surface area contributed by atoms with Crippen molar-refractivity contribution in [2.24, 2.45) is 5.92 Å². The van der Waals surface area contributed by atoms with Gasteiger partial charge in [-0.15, -0.1) is 12.4 Å². The highest BCUT2D eigenvalue weighted by Gasteiger charge is 2.39. The number of rotatable bonds is 3. The largest absolute Gasteiger partial charge is 0.477 e. The number of nitrogens with zero attached hydrogens (tertiary/aromatic N) is 3. The first-order valence-electron chi connectivity index (χ1n) is 6.04. The normalized spacial score (nSPS) is 30.1. The maximum absolute atomic E-state index is 5.40. The van der Waals surface area contributed by atoms with Crippen molar-refractivity contribution >= 4 is 12.4 Å². The van der Waals surface area contributed by atoms with Crippen LogP contribution < -0.4 is 4.74 Å². The molecule has 5 heteroatoms. The summed E-state index contributed by atoms with van der Waals surface area (Å²) in [7, 11) is 0. The summed E-state index contributed by atoms with van der Waals surface area (Å²) >= 11 is 0. The van der Waals surface area contributed by atoms with Gasteiger partial charge in [0.05, 0.1) is 18.5 Å². The monoisotopic (exact) mass is 255 g/mol. The third-order valence-electron chi connectivity index (χ3n) is 3.64. The molecule has 2 fully saturated rings. The van der Waals surface area contributed by atoms with Gasteiger partial charge in [-0.1, -0.05) is 0 Å². The second kappa shape index (κ2) is 5.19. The Kier molecular flexibility index (Phi) is 3.84. The molecule has 2 bridgehead atoms. The lowest BCUT2D eigenvalue weighted by Gasteiger charge is -2.21. The Morgan fingerprint density at radius 2 is 2.29 bits per heavy atom. The van der Waals surface area contributed by atoms with Gasteiger partial charge >= 0.3 is 0 Å². The van der Waals surface area contributed by atoms with Crippen LogP contribution in [0.25, 0.3) is 0 Å². The first kappa shape index (κ1) is 12.6. The van der Waals surface area contributed by atoms with Crippen LogP contribution >= 0.6 is 12.4 Å². The van der Waals surface area contributed by atoms with Gasteiger partial charge in [-0.25, -0.2) is 4.98 Å². The minimum absolute atomic E-state index is 0. The van der Waals surface area contributed by atoms with Crippen molar-refractivity contribution in [3.63, 3.8) is 0 Å². The first-order chi connectivity index (χ1) is 7.86. The summed E-state index contributed by atoms with van der Waals surface area (Å²) in [5.74, 6) is 2.02. The van der Waals surface area contributed by atoms with Crippen LogP contribution in [-0.4, -0.2) is 41.1 Å². The van der Waals surface area contributed by atoms with Gasteiger partial charge in [-0.3, -0.25) is 4.98 Å². The topological polar surface area (TPSA) is 38.2 Å². The molecule has 0 aliphatic carbocycles. The van der Waals surface area contributed by atoms with Gasteiger partial charge < -0.3 is 9.64 Å². The Morgan fingerprint density at radius 3 is 2.94 bits per heavy atom. The molecule has 1 aromatic rings. The van der Waals surface area contributed by atoms with Crippen LogP contribution in [0.1, 0.15) is 25.0 Å². The molecule has 0 N–H and O–H groups in total. The molecule has 0 aromatic carbocycles. The van der Waals surface area contributed by atoms with Crippen molar-refractivity contribution in [2.75, 3.05) is 26.2 Å². The van der Waals surface area contributed by atoms with Crippen LogP contribution in [0, 0.1) is 5.92 Å². The standard InChI is InChI=1S/C12H17N3O.ClH/c1-2-16-12-6-13-5-11(14-12)10-8-15-4-3-9(10)7-15;/h5-6,9-10H,2-4,7-8H2,1H3;1H. The Labute approximate surface area is 108 Å². The second-order valence-corrected chi connectivity index (χ2v) is 4.63. The summed E-state index contributed by atoms with van der Waals surface area (Å²) in [5.41, 5.74) is 1.11. The third-order valence-corrected chi connectivity index (χ3v) is 3.64. The Morgan fingerprint density at radius 1 is 1.41 bits per heavy atom. The molecule has 3 rings (SSSR count). The van der Waals surface area contributed by atoms with Gasteiger partial charge in [-0.05, 0) is 25.8 Å².